The fourth-order valence-corrected chi connectivity index (χ4v) is 2.49. The third-order valence-corrected chi connectivity index (χ3v) is 3.84. The third-order valence-electron chi connectivity index (χ3n) is 3.23. The number of methoxy groups -OCH3 is 1. The highest BCUT2D eigenvalue weighted by molar-refractivity contribution is 9.10. The van der Waals surface area contributed by atoms with Gasteiger partial charge in [-0.05, 0) is 51.7 Å². The van der Waals surface area contributed by atoms with Crippen LogP contribution in [0.3, 0.4) is 0 Å². The van der Waals surface area contributed by atoms with Crippen LogP contribution in [0.2, 0.25) is 0 Å². The molecule has 0 bridgehead atoms. The van der Waals surface area contributed by atoms with Gasteiger partial charge in [-0.3, -0.25) is 11.3 Å². The van der Waals surface area contributed by atoms with Crippen molar-refractivity contribution in [3.05, 3.63) is 63.6 Å². The predicted octanol–water partition coefficient (Wildman–Crippen LogP) is 3.48. The number of nitrogens with two attached hydrogens (primary N) is 1. The first-order valence-electron chi connectivity index (χ1n) is 6.29. The van der Waals surface area contributed by atoms with Gasteiger partial charge in [-0.2, -0.15) is 0 Å². The van der Waals surface area contributed by atoms with Crippen molar-refractivity contribution in [2.24, 2.45) is 5.84 Å². The van der Waals surface area contributed by atoms with E-state index in [1.165, 1.54) is 13.2 Å². The normalized spacial score (nSPS) is 12.2. The van der Waals surface area contributed by atoms with E-state index in [0.29, 0.717) is 16.5 Å². The first kappa shape index (κ1) is 15.9. The molecule has 3 nitrogen and oxygen atoms in total. The van der Waals surface area contributed by atoms with Gasteiger partial charge in [-0.25, -0.2) is 8.78 Å². The van der Waals surface area contributed by atoms with Crippen LogP contribution < -0.4 is 16.0 Å². The van der Waals surface area contributed by atoms with Crippen LogP contribution in [0.25, 0.3) is 0 Å². The molecule has 0 aliphatic carbocycles. The van der Waals surface area contributed by atoms with Crippen LogP contribution in [0.1, 0.15) is 17.2 Å². The Balaban J connectivity index is 2.29. The molecule has 3 N–H and O–H groups in total. The van der Waals surface area contributed by atoms with Crippen molar-refractivity contribution in [3.63, 3.8) is 0 Å². The molecule has 0 fully saturated rings. The first-order chi connectivity index (χ1) is 10.1. The number of hydrazine groups is 1. The molecule has 112 valence electrons. The molecule has 0 heterocycles. The Morgan fingerprint density at radius 3 is 2.67 bits per heavy atom. The van der Waals surface area contributed by atoms with E-state index in [1.807, 2.05) is 0 Å². The molecule has 2 rings (SSSR count). The minimum absolute atomic E-state index is 0.184. The van der Waals surface area contributed by atoms with Crippen LogP contribution in [0.5, 0.6) is 5.75 Å². The standard InChI is InChI=1S/C15H15BrF2N2O/c1-21-14-4-2-3-10(15(14)18)8-13(20-19)9-5-6-12(17)11(16)7-9/h2-7,13,20H,8,19H2,1H3. The molecule has 2 aromatic carbocycles. The van der Waals surface area contributed by atoms with Gasteiger partial charge in [0.05, 0.1) is 17.6 Å². The molecule has 0 spiro atoms. The number of hydrogen-bond donors (Lipinski definition) is 2. The van der Waals surface area contributed by atoms with Crippen molar-refractivity contribution < 1.29 is 13.5 Å². The number of benzene rings is 2. The Kier molecular flexibility index (Phi) is 5.27. The van der Waals surface area contributed by atoms with Gasteiger partial charge in [0.1, 0.15) is 5.82 Å². The minimum atomic E-state index is -0.415. The molecule has 1 unspecified atom stereocenters. The van der Waals surface area contributed by atoms with Crippen molar-refractivity contribution in [2.45, 2.75) is 12.5 Å². The van der Waals surface area contributed by atoms with Gasteiger partial charge in [0, 0.05) is 0 Å². The number of rotatable bonds is 5. The molecule has 0 amide bonds. The van der Waals surface area contributed by atoms with Crippen LogP contribution in [0, 0.1) is 11.6 Å². The fourth-order valence-electron chi connectivity index (χ4n) is 2.09. The molecule has 1 atom stereocenters. The predicted molar refractivity (Wildman–Crippen MR) is 80.8 cm³/mol. The number of halogens is 3. The van der Waals surface area contributed by atoms with Crippen LogP contribution in [0.15, 0.2) is 40.9 Å². The van der Waals surface area contributed by atoms with E-state index in [-0.39, 0.29) is 17.6 Å². The lowest BCUT2D eigenvalue weighted by Crippen LogP contribution is -2.29. The van der Waals surface area contributed by atoms with Crippen molar-refractivity contribution >= 4 is 15.9 Å². The zero-order valence-corrected chi connectivity index (χ0v) is 13.0. The van der Waals surface area contributed by atoms with Gasteiger partial charge >= 0.3 is 0 Å². The SMILES string of the molecule is COc1cccc(CC(NN)c2ccc(F)c(Br)c2)c1F. The Labute approximate surface area is 130 Å². The molecule has 0 radical (unpaired) electrons. The van der Waals surface area contributed by atoms with E-state index in [0.717, 1.165) is 5.56 Å². The average molecular weight is 357 g/mol. The largest absolute Gasteiger partial charge is 0.494 e. The molecular formula is C15H15BrF2N2O. The third kappa shape index (κ3) is 3.58. The van der Waals surface area contributed by atoms with Gasteiger partial charge in [-0.15, -0.1) is 0 Å². The van der Waals surface area contributed by atoms with Crippen LogP contribution in [-0.4, -0.2) is 7.11 Å². The van der Waals surface area contributed by atoms with Gasteiger partial charge in [0.25, 0.3) is 0 Å². The molecule has 6 heteroatoms. The summed E-state index contributed by atoms with van der Waals surface area (Å²) in [5.74, 6) is 4.96. The van der Waals surface area contributed by atoms with E-state index >= 15 is 0 Å². The summed E-state index contributed by atoms with van der Waals surface area (Å²) in [4.78, 5) is 0. The summed E-state index contributed by atoms with van der Waals surface area (Å²) < 4.78 is 32.7. The van der Waals surface area contributed by atoms with Crippen LogP contribution >= 0.6 is 15.9 Å². The van der Waals surface area contributed by atoms with Gasteiger partial charge in [-0.1, -0.05) is 18.2 Å². The second-order valence-corrected chi connectivity index (χ2v) is 5.38. The molecular weight excluding hydrogens is 342 g/mol. The van der Waals surface area contributed by atoms with E-state index in [2.05, 4.69) is 21.4 Å². The summed E-state index contributed by atoms with van der Waals surface area (Å²) in [5, 5.41) is 0. The molecule has 21 heavy (non-hydrogen) atoms. The quantitative estimate of drug-likeness (QED) is 0.636. The Bertz CT molecular complexity index is 637. The maximum absolute atomic E-state index is 14.2. The van der Waals surface area contributed by atoms with E-state index < -0.39 is 5.82 Å². The van der Waals surface area contributed by atoms with E-state index in [4.69, 9.17) is 10.6 Å². The zero-order valence-electron chi connectivity index (χ0n) is 11.4. The summed E-state index contributed by atoms with van der Waals surface area (Å²) >= 11 is 3.13. The maximum Gasteiger partial charge on any atom is 0.168 e. The average Bonchev–Trinajstić information content (AvgIpc) is 2.49. The fraction of sp³-hybridized carbons (Fsp3) is 0.200. The van der Waals surface area contributed by atoms with Gasteiger partial charge in [0.2, 0.25) is 0 Å². The summed E-state index contributed by atoms with van der Waals surface area (Å²) in [6, 6.07) is 9.17. The highest BCUT2D eigenvalue weighted by Gasteiger charge is 2.16. The molecule has 0 aliphatic rings. The topological polar surface area (TPSA) is 47.3 Å². The van der Waals surface area contributed by atoms with Crippen LogP contribution in [-0.2, 0) is 6.42 Å². The Morgan fingerprint density at radius 2 is 2.05 bits per heavy atom. The summed E-state index contributed by atoms with van der Waals surface area (Å²) in [7, 11) is 1.41. The van der Waals surface area contributed by atoms with Crippen molar-refractivity contribution in [1.29, 1.82) is 0 Å². The zero-order chi connectivity index (χ0) is 15.4. The van der Waals surface area contributed by atoms with Crippen molar-refractivity contribution in [1.82, 2.24) is 5.43 Å². The monoisotopic (exact) mass is 356 g/mol. The summed E-state index contributed by atoms with van der Waals surface area (Å²) in [5.41, 5.74) is 3.85. The molecule has 0 aromatic heterocycles. The van der Waals surface area contributed by atoms with Crippen LogP contribution in [0.4, 0.5) is 8.78 Å². The molecule has 0 saturated heterocycles. The minimum Gasteiger partial charge on any atom is -0.494 e. The second-order valence-electron chi connectivity index (χ2n) is 4.53. The van der Waals surface area contributed by atoms with Gasteiger partial charge in [0.15, 0.2) is 11.6 Å². The summed E-state index contributed by atoms with van der Waals surface area (Å²) in [6.45, 7) is 0. The second kappa shape index (κ2) is 6.98. The Morgan fingerprint density at radius 1 is 1.29 bits per heavy atom. The smallest absolute Gasteiger partial charge is 0.168 e. The number of nitrogens with one attached hydrogen (secondary N) is 1. The van der Waals surface area contributed by atoms with Crippen molar-refractivity contribution in [2.75, 3.05) is 7.11 Å². The molecule has 0 aliphatic heterocycles. The van der Waals surface area contributed by atoms with Gasteiger partial charge < -0.3 is 4.74 Å². The Hall–Kier alpha value is -1.50. The number of ether oxygens (including phenoxy) is 1. The van der Waals surface area contributed by atoms with Crippen molar-refractivity contribution in [3.8, 4) is 5.75 Å². The highest BCUT2D eigenvalue weighted by atomic mass is 79.9. The van der Waals surface area contributed by atoms with E-state index in [9.17, 15) is 8.78 Å². The van der Waals surface area contributed by atoms with E-state index in [1.54, 1.807) is 30.3 Å². The first-order valence-corrected chi connectivity index (χ1v) is 7.08. The lowest BCUT2D eigenvalue weighted by molar-refractivity contribution is 0.382. The molecule has 2 aromatic rings. The lowest BCUT2D eigenvalue weighted by atomic mass is 9.99. The number of hydrogen-bond acceptors (Lipinski definition) is 3. The lowest BCUT2D eigenvalue weighted by Gasteiger charge is -2.18. The maximum atomic E-state index is 14.2. The summed E-state index contributed by atoms with van der Waals surface area (Å²) in [6.07, 6.45) is 0.317. The molecule has 0 saturated carbocycles. The highest BCUT2D eigenvalue weighted by Crippen LogP contribution is 2.27.